The quantitative estimate of drug-likeness (QED) is 0.676. The minimum absolute atomic E-state index is 0.132. The molecule has 0 radical (unpaired) electrons. The van der Waals surface area contributed by atoms with Gasteiger partial charge in [0.1, 0.15) is 18.0 Å². The highest BCUT2D eigenvalue weighted by atomic mass is 79.9. The number of ether oxygens (including phenoxy) is 1. The summed E-state index contributed by atoms with van der Waals surface area (Å²) in [4.78, 5) is 39.9. The third-order valence-electron chi connectivity index (χ3n) is 3.32. The highest BCUT2D eigenvalue weighted by molar-refractivity contribution is 9.10. The van der Waals surface area contributed by atoms with Crippen LogP contribution in [0.5, 0.6) is 5.75 Å². The second kappa shape index (κ2) is 6.75. The van der Waals surface area contributed by atoms with Gasteiger partial charge in [0.15, 0.2) is 6.61 Å². The molecule has 0 fully saturated rings. The maximum atomic E-state index is 12.0. The second-order valence-electron chi connectivity index (χ2n) is 4.97. The second-order valence-corrected chi connectivity index (χ2v) is 5.89. The third-order valence-corrected chi connectivity index (χ3v) is 3.78. The fourth-order valence-electron chi connectivity index (χ4n) is 2.20. The van der Waals surface area contributed by atoms with E-state index in [1.54, 1.807) is 36.5 Å². The van der Waals surface area contributed by atoms with Gasteiger partial charge in [-0.15, -0.1) is 0 Å². The van der Waals surface area contributed by atoms with Crippen LogP contribution in [0.4, 0.5) is 5.69 Å². The minimum atomic E-state index is -0.529. The number of amides is 3. The molecule has 9 heteroatoms. The van der Waals surface area contributed by atoms with Crippen LogP contribution in [0, 0.1) is 0 Å². The summed E-state index contributed by atoms with van der Waals surface area (Å²) in [6.07, 6.45) is 1.60. The van der Waals surface area contributed by atoms with Crippen molar-refractivity contribution in [3.05, 3.63) is 46.7 Å². The molecule has 3 N–H and O–H groups in total. The van der Waals surface area contributed by atoms with E-state index in [9.17, 15) is 14.4 Å². The van der Waals surface area contributed by atoms with Crippen molar-refractivity contribution in [1.29, 1.82) is 0 Å². The number of nitrogens with one attached hydrogen (secondary N) is 3. The maximum Gasteiger partial charge on any atom is 0.286 e. The Morgan fingerprint density at radius 3 is 2.83 bits per heavy atom. The predicted molar refractivity (Wildman–Crippen MR) is 88.4 cm³/mol. The number of hydrogen-bond acceptors (Lipinski definition) is 4. The Morgan fingerprint density at radius 2 is 2.08 bits per heavy atom. The van der Waals surface area contributed by atoms with Crippen LogP contribution >= 0.6 is 15.9 Å². The van der Waals surface area contributed by atoms with Gasteiger partial charge in [0, 0.05) is 10.7 Å². The molecule has 24 heavy (non-hydrogen) atoms. The van der Waals surface area contributed by atoms with E-state index in [4.69, 9.17) is 4.74 Å². The van der Waals surface area contributed by atoms with E-state index in [1.165, 1.54) is 4.90 Å². The molecular formula is C15H13BrN4O4. The van der Waals surface area contributed by atoms with Gasteiger partial charge in [-0.2, -0.15) is 0 Å². The van der Waals surface area contributed by atoms with E-state index in [2.05, 4.69) is 31.8 Å². The zero-order valence-corrected chi connectivity index (χ0v) is 13.9. The van der Waals surface area contributed by atoms with E-state index in [1.807, 2.05) is 0 Å². The average Bonchev–Trinajstić information content (AvgIpc) is 3.02. The Hall–Kier alpha value is -2.81. The lowest BCUT2D eigenvalue weighted by atomic mass is 10.2. The molecule has 0 saturated heterocycles. The zero-order chi connectivity index (χ0) is 17.1. The van der Waals surface area contributed by atoms with Crippen LogP contribution < -0.4 is 20.5 Å². The number of aromatic nitrogens is 1. The number of halogens is 1. The SMILES string of the molecule is O=C(CN1C(=O)COc2ccccc21)NNC(=O)c1cc(Br)c[nH]1. The first-order valence-electron chi connectivity index (χ1n) is 7.00. The van der Waals surface area contributed by atoms with Crippen LogP contribution in [0.25, 0.3) is 0 Å². The normalized spacial score (nSPS) is 13.0. The highest BCUT2D eigenvalue weighted by Crippen LogP contribution is 2.31. The summed E-state index contributed by atoms with van der Waals surface area (Å²) in [5.41, 5.74) is 5.37. The third kappa shape index (κ3) is 3.40. The van der Waals surface area contributed by atoms with E-state index in [0.717, 1.165) is 4.47 Å². The molecule has 1 aromatic heterocycles. The maximum absolute atomic E-state index is 12.0. The number of nitrogens with zero attached hydrogens (tertiary/aromatic N) is 1. The van der Waals surface area contributed by atoms with Gasteiger partial charge in [-0.05, 0) is 34.1 Å². The van der Waals surface area contributed by atoms with Crippen molar-refractivity contribution in [3.63, 3.8) is 0 Å². The largest absolute Gasteiger partial charge is 0.482 e. The van der Waals surface area contributed by atoms with E-state index in [-0.39, 0.29) is 24.8 Å². The van der Waals surface area contributed by atoms with Gasteiger partial charge in [-0.3, -0.25) is 30.1 Å². The van der Waals surface area contributed by atoms with Gasteiger partial charge in [0.2, 0.25) is 0 Å². The van der Waals surface area contributed by atoms with Gasteiger partial charge in [0.05, 0.1) is 5.69 Å². The van der Waals surface area contributed by atoms with Crippen molar-refractivity contribution in [3.8, 4) is 5.75 Å². The Labute approximate surface area is 145 Å². The molecule has 3 rings (SSSR count). The van der Waals surface area contributed by atoms with E-state index >= 15 is 0 Å². The molecule has 124 valence electrons. The van der Waals surface area contributed by atoms with Crippen molar-refractivity contribution in [2.45, 2.75) is 0 Å². The number of carbonyl (C=O) groups excluding carboxylic acids is 3. The van der Waals surface area contributed by atoms with Crippen LogP contribution in [-0.4, -0.2) is 35.9 Å². The molecule has 1 aliphatic rings. The number of benzene rings is 1. The standard InChI is InChI=1S/C15H13BrN4O4/c16-9-5-10(17-6-9)15(23)19-18-13(21)7-20-11-3-1-2-4-12(11)24-8-14(20)22/h1-6,17H,7-8H2,(H,18,21)(H,19,23). The van der Waals surface area contributed by atoms with Crippen LogP contribution in [0.15, 0.2) is 41.0 Å². The first-order chi connectivity index (χ1) is 11.5. The summed E-state index contributed by atoms with van der Waals surface area (Å²) in [6.45, 7) is -0.360. The molecule has 8 nitrogen and oxygen atoms in total. The lowest BCUT2D eigenvalue weighted by molar-refractivity contribution is -0.125. The minimum Gasteiger partial charge on any atom is -0.482 e. The number of hydrogen-bond donors (Lipinski definition) is 3. The van der Waals surface area contributed by atoms with Gasteiger partial charge in [-0.25, -0.2) is 0 Å². The van der Waals surface area contributed by atoms with Crippen LogP contribution in [0.2, 0.25) is 0 Å². The lowest BCUT2D eigenvalue weighted by Crippen LogP contribution is -2.49. The molecule has 0 aliphatic carbocycles. The first-order valence-corrected chi connectivity index (χ1v) is 7.79. The number of hydrazine groups is 1. The molecule has 3 amide bonds. The molecule has 1 aromatic carbocycles. The van der Waals surface area contributed by atoms with Crippen molar-refractivity contribution in [2.24, 2.45) is 0 Å². The van der Waals surface area contributed by atoms with Gasteiger partial charge < -0.3 is 9.72 Å². The molecule has 0 unspecified atom stereocenters. The predicted octanol–water partition coefficient (Wildman–Crippen LogP) is 0.964. The van der Waals surface area contributed by atoms with Crippen molar-refractivity contribution >= 4 is 39.3 Å². The number of aromatic amines is 1. The summed E-state index contributed by atoms with van der Waals surface area (Å²) in [5, 5.41) is 0. The lowest BCUT2D eigenvalue weighted by Gasteiger charge is -2.28. The average molecular weight is 393 g/mol. The van der Waals surface area contributed by atoms with E-state index < -0.39 is 11.8 Å². The topological polar surface area (TPSA) is 104 Å². The molecule has 2 aromatic rings. The Kier molecular flexibility index (Phi) is 4.52. The summed E-state index contributed by atoms with van der Waals surface area (Å²) in [6, 6.07) is 8.51. The van der Waals surface area contributed by atoms with Crippen molar-refractivity contribution < 1.29 is 19.1 Å². The molecule has 0 saturated carbocycles. The molecule has 1 aliphatic heterocycles. The van der Waals surface area contributed by atoms with Crippen molar-refractivity contribution in [2.75, 3.05) is 18.1 Å². The fraction of sp³-hybridized carbons (Fsp3) is 0.133. The number of H-pyrrole nitrogens is 1. The number of rotatable bonds is 3. The summed E-state index contributed by atoms with van der Waals surface area (Å²) < 4.78 is 6.02. The van der Waals surface area contributed by atoms with Crippen LogP contribution in [-0.2, 0) is 9.59 Å². The molecule has 0 atom stereocenters. The Balaban J connectivity index is 1.61. The number of carbonyl (C=O) groups is 3. The van der Waals surface area contributed by atoms with E-state index in [0.29, 0.717) is 11.4 Å². The van der Waals surface area contributed by atoms with Crippen molar-refractivity contribution in [1.82, 2.24) is 15.8 Å². The molecule has 0 spiro atoms. The molecule has 2 heterocycles. The highest BCUT2D eigenvalue weighted by Gasteiger charge is 2.27. The van der Waals surface area contributed by atoms with Crippen LogP contribution in [0.1, 0.15) is 10.5 Å². The zero-order valence-electron chi connectivity index (χ0n) is 12.3. The molecule has 0 bridgehead atoms. The first kappa shape index (κ1) is 16.1. The number of para-hydroxylation sites is 2. The fourth-order valence-corrected chi connectivity index (χ4v) is 2.55. The smallest absolute Gasteiger partial charge is 0.286 e. The monoisotopic (exact) mass is 392 g/mol. The van der Waals surface area contributed by atoms with Gasteiger partial charge >= 0.3 is 0 Å². The Bertz CT molecular complexity index is 804. The van der Waals surface area contributed by atoms with Gasteiger partial charge in [0.25, 0.3) is 17.7 Å². The van der Waals surface area contributed by atoms with Crippen LogP contribution in [0.3, 0.4) is 0 Å². The number of anilines is 1. The number of fused-ring (bicyclic) bond motifs is 1. The Morgan fingerprint density at radius 1 is 1.29 bits per heavy atom. The van der Waals surface area contributed by atoms with Gasteiger partial charge in [-0.1, -0.05) is 12.1 Å². The summed E-state index contributed by atoms with van der Waals surface area (Å²) in [5.74, 6) is -0.824. The molecular weight excluding hydrogens is 380 g/mol. The summed E-state index contributed by atoms with van der Waals surface area (Å²) >= 11 is 3.21. The summed E-state index contributed by atoms with van der Waals surface area (Å²) in [7, 11) is 0.